The van der Waals surface area contributed by atoms with E-state index in [-0.39, 0.29) is 5.91 Å². The lowest BCUT2D eigenvalue weighted by atomic mass is 10.3. The first kappa shape index (κ1) is 15.1. The number of aromatic nitrogens is 1. The Hall–Kier alpha value is -0.980. The molecule has 18 heavy (non-hydrogen) atoms. The molecule has 0 atom stereocenters. The molecule has 1 heterocycles. The fourth-order valence-electron chi connectivity index (χ4n) is 1.47. The van der Waals surface area contributed by atoms with Gasteiger partial charge in [0.2, 0.25) is 5.91 Å². The molecule has 0 saturated heterocycles. The average Bonchev–Trinajstić information content (AvgIpc) is 2.80. The van der Waals surface area contributed by atoms with Gasteiger partial charge in [0.1, 0.15) is 0 Å². The summed E-state index contributed by atoms with van der Waals surface area (Å²) in [5.74, 6) is 0.0155. The molecule has 0 aromatic carbocycles. The molecule has 102 valence electrons. The minimum atomic E-state index is 0.0155. The summed E-state index contributed by atoms with van der Waals surface area (Å²) in [6, 6.07) is 0. The summed E-state index contributed by atoms with van der Waals surface area (Å²) < 4.78 is 4.91. The van der Waals surface area contributed by atoms with Crippen LogP contribution >= 0.6 is 11.3 Å². The second-order valence-corrected chi connectivity index (χ2v) is 4.94. The molecule has 0 aliphatic rings. The van der Waals surface area contributed by atoms with Gasteiger partial charge in [0.15, 0.2) is 0 Å². The number of thiazole rings is 1. The second kappa shape index (κ2) is 9.02. The molecule has 0 unspecified atom stereocenters. The van der Waals surface area contributed by atoms with Crippen molar-refractivity contribution in [3.05, 3.63) is 16.1 Å². The van der Waals surface area contributed by atoms with E-state index < -0.39 is 0 Å². The largest absolute Gasteiger partial charge is 0.385 e. The number of aryl methyl sites for hydroxylation is 1. The molecule has 0 spiro atoms. The molecule has 0 radical (unpaired) electrons. The maximum absolute atomic E-state index is 11.6. The number of ether oxygens (including phenoxy) is 1. The van der Waals surface area contributed by atoms with E-state index in [1.807, 2.05) is 5.38 Å². The second-order valence-electron chi connectivity index (χ2n) is 4.00. The average molecular weight is 271 g/mol. The highest BCUT2D eigenvalue weighted by molar-refractivity contribution is 7.09. The zero-order valence-corrected chi connectivity index (χ0v) is 11.6. The van der Waals surface area contributed by atoms with Crippen molar-refractivity contribution in [2.45, 2.75) is 25.7 Å². The number of carbonyl (C=O) groups excluding carboxylic acids is 1. The molecule has 1 aromatic heterocycles. The summed E-state index contributed by atoms with van der Waals surface area (Å²) in [4.78, 5) is 16.0. The summed E-state index contributed by atoms with van der Waals surface area (Å²) in [6.45, 7) is 1.99. The van der Waals surface area contributed by atoms with Gasteiger partial charge in [-0.1, -0.05) is 0 Å². The lowest BCUT2D eigenvalue weighted by Gasteiger charge is -2.03. The quantitative estimate of drug-likeness (QED) is 0.649. The first-order valence-corrected chi connectivity index (χ1v) is 7.03. The lowest BCUT2D eigenvalue weighted by molar-refractivity contribution is -0.120. The number of nitrogens with zero attached hydrogens (tertiary/aromatic N) is 1. The third-order valence-corrected chi connectivity index (χ3v) is 3.34. The van der Waals surface area contributed by atoms with Gasteiger partial charge in [-0.3, -0.25) is 4.79 Å². The fraction of sp³-hybridized carbons (Fsp3) is 0.667. The summed E-state index contributed by atoms with van der Waals surface area (Å²) >= 11 is 1.60. The smallest absolute Gasteiger partial charge is 0.226 e. The van der Waals surface area contributed by atoms with E-state index >= 15 is 0 Å². The van der Waals surface area contributed by atoms with Crippen LogP contribution in [0.3, 0.4) is 0 Å². The van der Waals surface area contributed by atoms with E-state index in [4.69, 9.17) is 10.5 Å². The number of nitrogens with two attached hydrogens (primary N) is 1. The van der Waals surface area contributed by atoms with Crippen LogP contribution in [0.2, 0.25) is 0 Å². The molecule has 0 aliphatic carbocycles. The molecule has 6 heteroatoms. The van der Waals surface area contributed by atoms with Crippen molar-refractivity contribution >= 4 is 17.2 Å². The minimum Gasteiger partial charge on any atom is -0.385 e. The summed E-state index contributed by atoms with van der Waals surface area (Å²) in [7, 11) is 1.65. The number of hydrogen-bond acceptors (Lipinski definition) is 5. The first-order valence-electron chi connectivity index (χ1n) is 6.15. The summed E-state index contributed by atoms with van der Waals surface area (Å²) in [5.41, 5.74) is 6.29. The van der Waals surface area contributed by atoms with Gasteiger partial charge in [0, 0.05) is 32.1 Å². The Kier molecular flexibility index (Phi) is 7.55. The highest BCUT2D eigenvalue weighted by atomic mass is 32.1. The summed E-state index contributed by atoms with van der Waals surface area (Å²) in [5, 5.41) is 5.85. The molecule has 0 fully saturated rings. The Bertz CT molecular complexity index is 355. The third kappa shape index (κ3) is 6.09. The van der Waals surface area contributed by atoms with Crippen LogP contribution in [0.4, 0.5) is 0 Å². The van der Waals surface area contributed by atoms with Crippen LogP contribution in [0, 0.1) is 0 Å². The van der Waals surface area contributed by atoms with Crippen LogP contribution in [0.1, 0.15) is 23.5 Å². The van der Waals surface area contributed by atoms with Gasteiger partial charge in [-0.15, -0.1) is 11.3 Å². The highest BCUT2D eigenvalue weighted by Crippen LogP contribution is 2.11. The predicted molar refractivity (Wildman–Crippen MR) is 72.7 cm³/mol. The Morgan fingerprint density at radius 1 is 1.56 bits per heavy atom. The molecule has 0 aliphatic heterocycles. The molecule has 0 saturated carbocycles. The number of hydrogen-bond donors (Lipinski definition) is 2. The first-order chi connectivity index (χ1) is 8.76. The zero-order valence-electron chi connectivity index (χ0n) is 10.8. The van der Waals surface area contributed by atoms with Gasteiger partial charge in [-0.05, 0) is 19.4 Å². The summed E-state index contributed by atoms with van der Waals surface area (Å²) in [6.07, 6.45) is 3.03. The van der Waals surface area contributed by atoms with Crippen molar-refractivity contribution in [1.29, 1.82) is 0 Å². The Morgan fingerprint density at radius 3 is 3.11 bits per heavy atom. The minimum absolute atomic E-state index is 0.0155. The zero-order chi connectivity index (χ0) is 13.2. The predicted octanol–water partition coefficient (Wildman–Crippen LogP) is 0.730. The molecular weight excluding hydrogens is 250 g/mol. The van der Waals surface area contributed by atoms with Crippen molar-refractivity contribution in [2.75, 3.05) is 26.8 Å². The number of rotatable bonds is 9. The SMILES string of the molecule is COCCCNC(=O)Cc1csc(CCCN)n1. The standard InChI is InChI=1S/C12H21N3O2S/c1-17-7-3-6-14-11(16)8-10-9-18-12(15-10)4-2-5-13/h9H,2-8,13H2,1H3,(H,14,16). The van der Waals surface area contributed by atoms with E-state index in [0.29, 0.717) is 26.1 Å². The van der Waals surface area contributed by atoms with Crippen molar-refractivity contribution in [1.82, 2.24) is 10.3 Å². The van der Waals surface area contributed by atoms with Crippen LogP contribution in [0.15, 0.2) is 5.38 Å². The number of methoxy groups -OCH3 is 1. The Labute approximate surface area is 112 Å². The molecule has 3 N–H and O–H groups in total. The van der Waals surface area contributed by atoms with Gasteiger partial charge in [-0.25, -0.2) is 4.98 Å². The van der Waals surface area contributed by atoms with Crippen LogP contribution in [0.25, 0.3) is 0 Å². The molecular formula is C12H21N3O2S. The number of nitrogens with one attached hydrogen (secondary N) is 1. The van der Waals surface area contributed by atoms with E-state index in [2.05, 4.69) is 10.3 Å². The third-order valence-electron chi connectivity index (χ3n) is 2.38. The van der Waals surface area contributed by atoms with Crippen molar-refractivity contribution in [2.24, 2.45) is 5.73 Å². The van der Waals surface area contributed by atoms with E-state index in [1.165, 1.54) is 0 Å². The normalized spacial score (nSPS) is 10.6. The highest BCUT2D eigenvalue weighted by Gasteiger charge is 2.07. The van der Waals surface area contributed by atoms with Gasteiger partial charge in [0.25, 0.3) is 0 Å². The Balaban J connectivity index is 2.24. The van der Waals surface area contributed by atoms with Crippen LogP contribution in [0.5, 0.6) is 0 Å². The van der Waals surface area contributed by atoms with Gasteiger partial charge in [-0.2, -0.15) is 0 Å². The van der Waals surface area contributed by atoms with E-state index in [0.717, 1.165) is 30.0 Å². The van der Waals surface area contributed by atoms with Crippen molar-refractivity contribution in [3.63, 3.8) is 0 Å². The van der Waals surface area contributed by atoms with Crippen molar-refractivity contribution < 1.29 is 9.53 Å². The monoisotopic (exact) mass is 271 g/mol. The van der Waals surface area contributed by atoms with Crippen molar-refractivity contribution in [3.8, 4) is 0 Å². The number of carbonyl (C=O) groups is 1. The topological polar surface area (TPSA) is 77.2 Å². The molecule has 1 aromatic rings. The van der Waals surface area contributed by atoms with E-state index in [1.54, 1.807) is 18.4 Å². The van der Waals surface area contributed by atoms with E-state index in [9.17, 15) is 4.79 Å². The lowest BCUT2D eigenvalue weighted by Crippen LogP contribution is -2.26. The molecule has 1 amide bonds. The maximum atomic E-state index is 11.6. The maximum Gasteiger partial charge on any atom is 0.226 e. The van der Waals surface area contributed by atoms with Crippen LogP contribution < -0.4 is 11.1 Å². The fourth-order valence-corrected chi connectivity index (χ4v) is 2.31. The van der Waals surface area contributed by atoms with Crippen LogP contribution in [-0.2, 0) is 22.4 Å². The Morgan fingerprint density at radius 2 is 2.39 bits per heavy atom. The molecule has 1 rings (SSSR count). The molecule has 5 nitrogen and oxygen atoms in total. The van der Waals surface area contributed by atoms with Gasteiger partial charge < -0.3 is 15.8 Å². The molecule has 0 bridgehead atoms. The van der Waals surface area contributed by atoms with Crippen LogP contribution in [-0.4, -0.2) is 37.7 Å². The number of amides is 1. The van der Waals surface area contributed by atoms with Gasteiger partial charge in [0.05, 0.1) is 17.1 Å². The van der Waals surface area contributed by atoms with Gasteiger partial charge >= 0.3 is 0 Å².